The van der Waals surface area contributed by atoms with Gasteiger partial charge in [0.05, 0.1) is 6.10 Å². The van der Waals surface area contributed by atoms with Crippen molar-refractivity contribution < 1.29 is 5.11 Å². The average Bonchev–Trinajstić information content (AvgIpc) is 2.21. The summed E-state index contributed by atoms with van der Waals surface area (Å²) in [4.78, 5) is 4.66. The molecule has 4 heteroatoms. The highest BCUT2D eigenvalue weighted by Crippen LogP contribution is 2.16. The second kappa shape index (κ2) is 7.22. The van der Waals surface area contributed by atoms with E-state index >= 15 is 0 Å². The molecule has 1 aliphatic heterocycles. The summed E-state index contributed by atoms with van der Waals surface area (Å²) in [5.41, 5.74) is 0. The molecule has 2 N–H and O–H groups in total. The Bertz CT molecular complexity index is 181. The van der Waals surface area contributed by atoms with E-state index in [1.807, 2.05) is 7.05 Å². The molecule has 0 aromatic heterocycles. The Morgan fingerprint density at radius 3 is 2.62 bits per heavy atom. The molecule has 0 aromatic rings. The van der Waals surface area contributed by atoms with Gasteiger partial charge in [0, 0.05) is 19.6 Å². The zero-order valence-electron chi connectivity index (χ0n) is 10.9. The van der Waals surface area contributed by atoms with Crippen LogP contribution in [0.1, 0.15) is 12.8 Å². The third-order valence-corrected chi connectivity index (χ3v) is 3.37. The molecule has 1 unspecified atom stereocenters. The van der Waals surface area contributed by atoms with Crippen LogP contribution in [0.2, 0.25) is 0 Å². The summed E-state index contributed by atoms with van der Waals surface area (Å²) >= 11 is 0. The predicted molar refractivity (Wildman–Crippen MR) is 67.7 cm³/mol. The molecule has 0 spiro atoms. The number of hydrogen-bond acceptors (Lipinski definition) is 4. The standard InChI is InChI=1S/C12H27N3O/c1-13-8-12(16)10-15(3)9-11-4-6-14(2)7-5-11/h11-13,16H,4-10H2,1-3H3. The maximum atomic E-state index is 9.68. The normalized spacial score (nSPS) is 21.6. The van der Waals surface area contributed by atoms with Crippen LogP contribution in [0.15, 0.2) is 0 Å². The summed E-state index contributed by atoms with van der Waals surface area (Å²) in [6.07, 6.45) is 2.34. The van der Waals surface area contributed by atoms with E-state index < -0.39 is 0 Å². The topological polar surface area (TPSA) is 38.7 Å². The van der Waals surface area contributed by atoms with Crippen molar-refractivity contribution in [3.63, 3.8) is 0 Å². The number of hydrogen-bond donors (Lipinski definition) is 2. The van der Waals surface area contributed by atoms with Crippen molar-refractivity contribution in [1.29, 1.82) is 0 Å². The van der Waals surface area contributed by atoms with Crippen LogP contribution in [-0.4, -0.2) is 74.9 Å². The largest absolute Gasteiger partial charge is 0.390 e. The summed E-state index contributed by atoms with van der Waals surface area (Å²) in [5, 5.41) is 12.7. The minimum atomic E-state index is -0.249. The number of aliphatic hydroxyl groups excluding tert-OH is 1. The third-order valence-electron chi connectivity index (χ3n) is 3.37. The second-order valence-electron chi connectivity index (χ2n) is 5.18. The van der Waals surface area contributed by atoms with Crippen LogP contribution in [0.3, 0.4) is 0 Å². The van der Waals surface area contributed by atoms with Gasteiger partial charge in [-0.1, -0.05) is 0 Å². The first kappa shape index (κ1) is 13.9. The lowest BCUT2D eigenvalue weighted by Gasteiger charge is -2.32. The Balaban J connectivity index is 2.15. The SMILES string of the molecule is CNCC(O)CN(C)CC1CCN(C)CC1. The van der Waals surface area contributed by atoms with Gasteiger partial charge < -0.3 is 20.2 Å². The summed E-state index contributed by atoms with van der Waals surface area (Å²) in [6, 6.07) is 0. The number of aliphatic hydroxyl groups is 1. The smallest absolute Gasteiger partial charge is 0.0791 e. The first-order valence-electron chi connectivity index (χ1n) is 6.31. The fraction of sp³-hybridized carbons (Fsp3) is 1.00. The van der Waals surface area contributed by atoms with E-state index in [4.69, 9.17) is 0 Å². The predicted octanol–water partition coefficient (Wildman–Crippen LogP) is -0.160. The van der Waals surface area contributed by atoms with Crippen molar-refractivity contribution in [2.45, 2.75) is 18.9 Å². The molecule has 1 heterocycles. The van der Waals surface area contributed by atoms with Gasteiger partial charge in [-0.15, -0.1) is 0 Å². The van der Waals surface area contributed by atoms with Gasteiger partial charge in [-0.05, 0) is 53.0 Å². The lowest BCUT2D eigenvalue weighted by molar-refractivity contribution is 0.106. The Morgan fingerprint density at radius 1 is 1.44 bits per heavy atom. The number of rotatable bonds is 6. The molecule has 16 heavy (non-hydrogen) atoms. The van der Waals surface area contributed by atoms with Crippen LogP contribution in [0.5, 0.6) is 0 Å². The minimum Gasteiger partial charge on any atom is -0.390 e. The summed E-state index contributed by atoms with van der Waals surface area (Å²) in [6.45, 7) is 5.01. The molecule has 0 saturated carbocycles. The van der Waals surface area contributed by atoms with E-state index in [1.54, 1.807) is 0 Å². The van der Waals surface area contributed by atoms with Gasteiger partial charge in [0.25, 0.3) is 0 Å². The van der Waals surface area contributed by atoms with Gasteiger partial charge in [0.1, 0.15) is 0 Å². The van der Waals surface area contributed by atoms with Gasteiger partial charge in [0.2, 0.25) is 0 Å². The molecule has 0 radical (unpaired) electrons. The van der Waals surface area contributed by atoms with E-state index in [0.717, 1.165) is 19.0 Å². The van der Waals surface area contributed by atoms with E-state index in [0.29, 0.717) is 6.54 Å². The average molecular weight is 229 g/mol. The monoisotopic (exact) mass is 229 g/mol. The second-order valence-corrected chi connectivity index (χ2v) is 5.18. The molecule has 1 fully saturated rings. The molecule has 96 valence electrons. The van der Waals surface area contributed by atoms with Crippen molar-refractivity contribution in [2.75, 3.05) is 53.9 Å². The quantitative estimate of drug-likeness (QED) is 0.664. The molecule has 1 rings (SSSR count). The van der Waals surface area contributed by atoms with Crippen LogP contribution in [0, 0.1) is 5.92 Å². The third kappa shape index (κ3) is 5.25. The van der Waals surface area contributed by atoms with E-state index in [1.165, 1.54) is 25.9 Å². The molecular formula is C12H27N3O. The Kier molecular flexibility index (Phi) is 6.28. The summed E-state index contributed by atoms with van der Waals surface area (Å²) in [5.74, 6) is 0.808. The number of likely N-dealkylation sites (tertiary alicyclic amines) is 1. The van der Waals surface area contributed by atoms with Crippen molar-refractivity contribution in [1.82, 2.24) is 15.1 Å². The zero-order valence-corrected chi connectivity index (χ0v) is 10.9. The number of nitrogens with one attached hydrogen (secondary N) is 1. The molecule has 0 bridgehead atoms. The first-order chi connectivity index (χ1) is 7.61. The minimum absolute atomic E-state index is 0.249. The zero-order chi connectivity index (χ0) is 12.0. The Labute approximate surface area is 99.6 Å². The lowest BCUT2D eigenvalue weighted by atomic mass is 9.96. The van der Waals surface area contributed by atoms with E-state index in [2.05, 4.69) is 29.2 Å². The van der Waals surface area contributed by atoms with Crippen LogP contribution in [0.4, 0.5) is 0 Å². The molecule has 4 nitrogen and oxygen atoms in total. The van der Waals surface area contributed by atoms with Crippen LogP contribution < -0.4 is 5.32 Å². The van der Waals surface area contributed by atoms with Gasteiger partial charge in [-0.25, -0.2) is 0 Å². The first-order valence-corrected chi connectivity index (χ1v) is 6.31. The Morgan fingerprint density at radius 2 is 2.06 bits per heavy atom. The van der Waals surface area contributed by atoms with Gasteiger partial charge in [0.15, 0.2) is 0 Å². The lowest BCUT2D eigenvalue weighted by Crippen LogP contribution is -2.40. The van der Waals surface area contributed by atoms with Crippen LogP contribution in [0.25, 0.3) is 0 Å². The van der Waals surface area contributed by atoms with E-state index in [9.17, 15) is 5.11 Å². The molecule has 0 amide bonds. The van der Waals surface area contributed by atoms with Gasteiger partial charge in [-0.3, -0.25) is 0 Å². The molecule has 0 aliphatic carbocycles. The molecular weight excluding hydrogens is 202 g/mol. The van der Waals surface area contributed by atoms with Crippen molar-refractivity contribution in [3.05, 3.63) is 0 Å². The maximum Gasteiger partial charge on any atom is 0.0791 e. The molecule has 0 aromatic carbocycles. The van der Waals surface area contributed by atoms with Crippen LogP contribution >= 0.6 is 0 Å². The number of piperidine rings is 1. The highest BCUT2D eigenvalue weighted by Gasteiger charge is 2.18. The summed E-state index contributed by atoms with van der Waals surface area (Å²) in [7, 11) is 6.17. The summed E-state index contributed by atoms with van der Waals surface area (Å²) < 4.78 is 0. The van der Waals surface area contributed by atoms with E-state index in [-0.39, 0.29) is 6.10 Å². The molecule has 1 saturated heterocycles. The van der Waals surface area contributed by atoms with Crippen molar-refractivity contribution in [3.8, 4) is 0 Å². The Hall–Kier alpha value is -0.160. The molecule has 1 aliphatic rings. The van der Waals surface area contributed by atoms with Gasteiger partial charge >= 0.3 is 0 Å². The highest BCUT2D eigenvalue weighted by molar-refractivity contribution is 4.73. The molecule has 1 atom stereocenters. The maximum absolute atomic E-state index is 9.68. The fourth-order valence-electron chi connectivity index (χ4n) is 2.42. The number of likely N-dealkylation sites (N-methyl/N-ethyl adjacent to an activating group) is 2. The van der Waals surface area contributed by atoms with Gasteiger partial charge in [-0.2, -0.15) is 0 Å². The number of nitrogens with zero attached hydrogens (tertiary/aromatic N) is 2. The van der Waals surface area contributed by atoms with Crippen molar-refractivity contribution >= 4 is 0 Å². The van der Waals surface area contributed by atoms with Crippen LogP contribution in [-0.2, 0) is 0 Å². The fourth-order valence-corrected chi connectivity index (χ4v) is 2.42. The van der Waals surface area contributed by atoms with Crippen molar-refractivity contribution in [2.24, 2.45) is 5.92 Å². The highest BCUT2D eigenvalue weighted by atomic mass is 16.3.